The highest BCUT2D eigenvalue weighted by Gasteiger charge is 2.25. The summed E-state index contributed by atoms with van der Waals surface area (Å²) < 4.78 is 46.5. The number of benzene rings is 2. The minimum Gasteiger partial charge on any atom is -0.486 e. The Balaban J connectivity index is 1.77. The van der Waals surface area contributed by atoms with Gasteiger partial charge in [0.05, 0.1) is 9.93 Å². The number of rotatable bonds is 5. The molecular formula is C18H17ClFNO3S. The van der Waals surface area contributed by atoms with Crippen molar-refractivity contribution in [3.05, 3.63) is 69.3 Å². The molecule has 132 valence electrons. The summed E-state index contributed by atoms with van der Waals surface area (Å²) in [4.78, 5) is 0.0435. The van der Waals surface area contributed by atoms with Crippen LogP contribution in [0.1, 0.15) is 24.0 Å². The van der Waals surface area contributed by atoms with Gasteiger partial charge in [-0.05, 0) is 29.7 Å². The molecule has 0 bridgehead atoms. The van der Waals surface area contributed by atoms with Crippen molar-refractivity contribution < 1.29 is 17.5 Å². The Labute approximate surface area is 151 Å². The Kier molecular flexibility index (Phi) is 5.13. The molecule has 0 unspecified atom stereocenters. The maximum absolute atomic E-state index is 13.5. The number of sulfonamides is 1. The first kappa shape index (κ1) is 17.9. The van der Waals surface area contributed by atoms with E-state index in [0.29, 0.717) is 11.3 Å². The average molecular weight is 382 g/mol. The van der Waals surface area contributed by atoms with Crippen molar-refractivity contribution in [2.24, 2.45) is 0 Å². The largest absolute Gasteiger partial charge is 0.486 e. The zero-order valence-electron chi connectivity index (χ0n) is 13.5. The molecule has 1 atom stereocenters. The second-order valence-electron chi connectivity index (χ2n) is 5.87. The third kappa shape index (κ3) is 4.03. The molecule has 1 aliphatic rings. The smallest absolute Gasteiger partial charge is 0.240 e. The lowest BCUT2D eigenvalue weighted by atomic mass is 10.0. The summed E-state index contributed by atoms with van der Waals surface area (Å²) in [6.45, 7) is 2.04. The fraction of sp³-hybridized carbons (Fsp3) is 0.222. The van der Waals surface area contributed by atoms with Crippen LogP contribution in [0.15, 0.2) is 47.4 Å². The van der Waals surface area contributed by atoms with E-state index in [1.165, 1.54) is 12.1 Å². The van der Waals surface area contributed by atoms with Crippen LogP contribution < -0.4 is 9.46 Å². The van der Waals surface area contributed by atoms with Crippen molar-refractivity contribution >= 4 is 27.7 Å². The van der Waals surface area contributed by atoms with Gasteiger partial charge in [0.1, 0.15) is 18.2 Å². The van der Waals surface area contributed by atoms with Gasteiger partial charge in [0.25, 0.3) is 0 Å². The van der Waals surface area contributed by atoms with E-state index in [4.69, 9.17) is 16.3 Å². The van der Waals surface area contributed by atoms with Crippen LogP contribution in [0.2, 0.25) is 5.02 Å². The van der Waals surface area contributed by atoms with Crippen LogP contribution in [-0.4, -0.2) is 21.6 Å². The molecule has 0 amide bonds. The average Bonchev–Trinajstić information content (AvgIpc) is 2.60. The monoisotopic (exact) mass is 381 g/mol. The van der Waals surface area contributed by atoms with Crippen molar-refractivity contribution in [2.45, 2.75) is 12.8 Å². The van der Waals surface area contributed by atoms with Gasteiger partial charge in [0, 0.05) is 12.1 Å². The topological polar surface area (TPSA) is 55.4 Å². The Morgan fingerprint density at radius 3 is 2.72 bits per heavy atom. The Morgan fingerprint density at radius 2 is 2.00 bits per heavy atom. The first-order valence-electron chi connectivity index (χ1n) is 7.74. The third-order valence-electron chi connectivity index (χ3n) is 4.01. The van der Waals surface area contributed by atoms with Gasteiger partial charge in [0.2, 0.25) is 10.0 Å². The molecule has 3 rings (SSSR count). The lowest BCUT2D eigenvalue weighted by Gasteiger charge is -2.20. The van der Waals surface area contributed by atoms with E-state index in [2.05, 4.69) is 4.72 Å². The van der Waals surface area contributed by atoms with Crippen molar-refractivity contribution in [3.63, 3.8) is 0 Å². The summed E-state index contributed by atoms with van der Waals surface area (Å²) in [7, 11) is -3.73. The summed E-state index contributed by atoms with van der Waals surface area (Å²) in [5, 5.41) is 0.119. The van der Waals surface area contributed by atoms with E-state index in [0.717, 1.165) is 11.6 Å². The predicted octanol–water partition coefficient (Wildman–Crippen LogP) is 3.94. The van der Waals surface area contributed by atoms with Crippen LogP contribution in [0.25, 0.3) is 6.08 Å². The lowest BCUT2D eigenvalue weighted by molar-refractivity contribution is 0.352. The van der Waals surface area contributed by atoms with E-state index >= 15 is 0 Å². The number of hydrogen-bond acceptors (Lipinski definition) is 3. The summed E-state index contributed by atoms with van der Waals surface area (Å²) in [6.07, 6.45) is 1.39. The molecule has 2 aromatic rings. The van der Waals surface area contributed by atoms with Gasteiger partial charge in [-0.25, -0.2) is 17.5 Å². The highest BCUT2D eigenvalue weighted by Crippen LogP contribution is 2.35. The molecule has 0 aliphatic carbocycles. The molecule has 25 heavy (non-hydrogen) atoms. The first-order chi connectivity index (χ1) is 11.9. The molecule has 1 N–H and O–H groups in total. The minimum absolute atomic E-state index is 0.0141. The zero-order valence-corrected chi connectivity index (χ0v) is 15.1. The molecule has 0 spiro atoms. The van der Waals surface area contributed by atoms with Gasteiger partial charge in [-0.3, -0.25) is 0 Å². The van der Waals surface area contributed by atoms with E-state index in [1.807, 2.05) is 37.3 Å². The van der Waals surface area contributed by atoms with Gasteiger partial charge in [0.15, 0.2) is 0 Å². The highest BCUT2D eigenvalue weighted by atomic mass is 35.5. The lowest BCUT2D eigenvalue weighted by Crippen LogP contribution is -2.31. The quantitative estimate of drug-likeness (QED) is 0.853. The van der Waals surface area contributed by atoms with E-state index < -0.39 is 15.8 Å². The molecule has 1 aliphatic heterocycles. The maximum atomic E-state index is 13.5. The fourth-order valence-corrected chi connectivity index (χ4v) is 4.00. The van der Waals surface area contributed by atoms with E-state index in [1.54, 1.807) is 0 Å². The van der Waals surface area contributed by atoms with Crippen molar-refractivity contribution in [2.75, 3.05) is 13.2 Å². The predicted molar refractivity (Wildman–Crippen MR) is 96.7 cm³/mol. The molecule has 0 saturated carbocycles. The second kappa shape index (κ2) is 7.15. The summed E-state index contributed by atoms with van der Waals surface area (Å²) >= 11 is 5.92. The molecule has 0 fully saturated rings. The first-order valence-corrected chi connectivity index (χ1v) is 9.60. The molecule has 0 saturated heterocycles. The summed E-state index contributed by atoms with van der Waals surface area (Å²) in [5.74, 6) is -0.243. The molecule has 0 aromatic heterocycles. The van der Waals surface area contributed by atoms with Crippen molar-refractivity contribution in [1.29, 1.82) is 0 Å². The van der Waals surface area contributed by atoms with Crippen molar-refractivity contribution in [1.82, 2.24) is 4.72 Å². The molecule has 0 radical (unpaired) electrons. The summed E-state index contributed by atoms with van der Waals surface area (Å²) in [6, 6.07) is 12.0. The Hall–Kier alpha value is -1.89. The van der Waals surface area contributed by atoms with Crippen LogP contribution in [0.3, 0.4) is 0 Å². The number of hydrogen-bond donors (Lipinski definition) is 1. The number of halogens is 2. The van der Waals surface area contributed by atoms with Gasteiger partial charge in [-0.2, -0.15) is 0 Å². The van der Waals surface area contributed by atoms with Gasteiger partial charge < -0.3 is 4.74 Å². The van der Waals surface area contributed by atoms with Gasteiger partial charge >= 0.3 is 0 Å². The zero-order chi connectivity index (χ0) is 18.0. The van der Waals surface area contributed by atoms with Crippen LogP contribution in [0.4, 0.5) is 4.39 Å². The summed E-state index contributed by atoms with van der Waals surface area (Å²) in [5.41, 5.74) is 1.35. The SMILES string of the molecule is C[C@H](CNS(=O)(=O)C1=Cc2cc(F)cc(Cl)c2OC1)c1ccccc1. The molecule has 4 nitrogen and oxygen atoms in total. The van der Waals surface area contributed by atoms with E-state index in [9.17, 15) is 12.8 Å². The number of nitrogens with one attached hydrogen (secondary N) is 1. The fourth-order valence-electron chi connectivity index (χ4n) is 2.58. The normalized spacial score (nSPS) is 15.1. The third-order valence-corrected chi connectivity index (χ3v) is 5.76. The van der Waals surface area contributed by atoms with Gasteiger partial charge in [-0.1, -0.05) is 48.9 Å². The molecule has 2 aromatic carbocycles. The van der Waals surface area contributed by atoms with Crippen LogP contribution in [0.5, 0.6) is 5.75 Å². The molecular weight excluding hydrogens is 365 g/mol. The van der Waals surface area contributed by atoms with Crippen LogP contribution >= 0.6 is 11.6 Å². The molecule has 1 heterocycles. The molecule has 7 heteroatoms. The maximum Gasteiger partial charge on any atom is 0.240 e. The Bertz CT molecular complexity index is 913. The standard InChI is InChI=1S/C18H17ClFNO3S/c1-12(13-5-3-2-4-6-13)10-21-25(22,23)16-8-14-7-15(20)9-17(19)18(14)24-11-16/h2-9,12,21H,10-11H2,1H3/t12-/m1/s1. The van der Waals surface area contributed by atoms with Crippen molar-refractivity contribution in [3.8, 4) is 5.75 Å². The highest BCUT2D eigenvalue weighted by molar-refractivity contribution is 7.93. The number of ether oxygens (including phenoxy) is 1. The van der Waals surface area contributed by atoms with Crippen LogP contribution in [0, 0.1) is 5.82 Å². The Morgan fingerprint density at radius 1 is 1.28 bits per heavy atom. The van der Waals surface area contributed by atoms with Crippen LogP contribution in [-0.2, 0) is 10.0 Å². The number of fused-ring (bicyclic) bond motifs is 1. The minimum atomic E-state index is -3.73. The second-order valence-corrected chi connectivity index (χ2v) is 8.10. The van der Waals surface area contributed by atoms with Gasteiger partial charge in [-0.15, -0.1) is 0 Å². The van der Waals surface area contributed by atoms with E-state index in [-0.39, 0.29) is 29.0 Å².